The van der Waals surface area contributed by atoms with Gasteiger partial charge in [-0.2, -0.15) is 0 Å². The van der Waals surface area contributed by atoms with Gasteiger partial charge < -0.3 is 0 Å². The second kappa shape index (κ2) is 3.81. The SMILES string of the molecule is CSc1c(Br)sc2c(Cl)cccc12. The third-order valence-corrected chi connectivity index (χ3v) is 5.35. The topological polar surface area (TPSA) is 0 Å². The summed E-state index contributed by atoms with van der Waals surface area (Å²) in [5.41, 5.74) is 0. The predicted octanol–water partition coefficient (Wildman–Crippen LogP) is 5.04. The molecule has 0 saturated carbocycles. The maximum absolute atomic E-state index is 6.08. The third-order valence-electron chi connectivity index (χ3n) is 1.79. The summed E-state index contributed by atoms with van der Waals surface area (Å²) >= 11 is 13.1. The molecule has 0 saturated heterocycles. The zero-order chi connectivity index (χ0) is 9.42. The van der Waals surface area contributed by atoms with Crippen LogP contribution in [-0.2, 0) is 0 Å². The first-order chi connectivity index (χ1) is 6.24. The Labute approximate surface area is 98.4 Å². The molecule has 1 heterocycles. The van der Waals surface area contributed by atoms with Crippen molar-refractivity contribution in [1.82, 2.24) is 0 Å². The highest BCUT2D eigenvalue weighted by Gasteiger charge is 2.10. The largest absolute Gasteiger partial charge is 0.127 e. The standard InChI is InChI=1S/C9H6BrClS2/c1-12-8-5-3-2-4-6(11)7(5)13-9(8)10/h2-4H,1H3. The Balaban J connectivity index is 2.86. The highest BCUT2D eigenvalue weighted by Crippen LogP contribution is 2.43. The van der Waals surface area contributed by atoms with Gasteiger partial charge in [0.1, 0.15) is 0 Å². The fraction of sp³-hybridized carbons (Fsp3) is 0.111. The summed E-state index contributed by atoms with van der Waals surface area (Å²) < 4.78 is 2.34. The Hall–Kier alpha value is 0.300. The lowest BCUT2D eigenvalue weighted by Crippen LogP contribution is -1.67. The van der Waals surface area contributed by atoms with Crippen molar-refractivity contribution in [2.24, 2.45) is 0 Å². The zero-order valence-electron chi connectivity index (χ0n) is 6.80. The lowest BCUT2D eigenvalue weighted by molar-refractivity contribution is 1.62. The van der Waals surface area contributed by atoms with E-state index >= 15 is 0 Å². The number of benzene rings is 1. The Morgan fingerprint density at radius 3 is 2.92 bits per heavy atom. The smallest absolute Gasteiger partial charge is 0.0847 e. The van der Waals surface area contributed by atoms with Crippen LogP contribution in [0.15, 0.2) is 26.9 Å². The molecule has 0 amide bonds. The molecule has 0 aliphatic rings. The van der Waals surface area contributed by atoms with E-state index < -0.39 is 0 Å². The van der Waals surface area contributed by atoms with E-state index in [0.29, 0.717) is 0 Å². The normalized spacial score (nSPS) is 11.0. The molecule has 0 unspecified atom stereocenters. The van der Waals surface area contributed by atoms with Gasteiger partial charge in [0.15, 0.2) is 0 Å². The first-order valence-corrected chi connectivity index (χ1v) is 6.85. The molecule has 0 fully saturated rings. The predicted molar refractivity (Wildman–Crippen MR) is 66.3 cm³/mol. The van der Waals surface area contributed by atoms with Crippen LogP contribution in [0, 0.1) is 0 Å². The molecule has 0 bridgehead atoms. The van der Waals surface area contributed by atoms with Crippen LogP contribution < -0.4 is 0 Å². The summed E-state index contributed by atoms with van der Waals surface area (Å²) in [6.07, 6.45) is 2.08. The van der Waals surface area contributed by atoms with E-state index in [-0.39, 0.29) is 0 Å². The zero-order valence-corrected chi connectivity index (χ0v) is 10.8. The molecular weight excluding hydrogens is 288 g/mol. The number of halogens is 2. The van der Waals surface area contributed by atoms with E-state index in [0.717, 1.165) is 5.02 Å². The molecule has 0 radical (unpaired) electrons. The third kappa shape index (κ3) is 1.63. The van der Waals surface area contributed by atoms with Crippen LogP contribution in [0.5, 0.6) is 0 Å². The fourth-order valence-electron chi connectivity index (χ4n) is 1.22. The molecule has 0 aliphatic carbocycles. The number of fused-ring (bicyclic) bond motifs is 1. The van der Waals surface area contributed by atoms with Crippen LogP contribution in [0.2, 0.25) is 5.02 Å². The highest BCUT2D eigenvalue weighted by atomic mass is 79.9. The molecular formula is C9H6BrClS2. The average molecular weight is 294 g/mol. The summed E-state index contributed by atoms with van der Waals surface area (Å²) in [5, 5.41) is 2.08. The van der Waals surface area contributed by atoms with Crippen LogP contribution in [0.25, 0.3) is 10.1 Å². The Morgan fingerprint density at radius 2 is 2.23 bits per heavy atom. The molecule has 1 aromatic carbocycles. The molecule has 0 aliphatic heterocycles. The number of hydrogen-bond donors (Lipinski definition) is 0. The van der Waals surface area contributed by atoms with Gasteiger partial charge in [0, 0.05) is 10.3 Å². The van der Waals surface area contributed by atoms with Gasteiger partial charge in [0.25, 0.3) is 0 Å². The minimum atomic E-state index is 0.837. The first kappa shape index (κ1) is 9.84. The molecule has 68 valence electrons. The first-order valence-electron chi connectivity index (χ1n) is 3.64. The fourth-order valence-corrected chi connectivity index (χ4v) is 4.52. The van der Waals surface area contributed by atoms with Gasteiger partial charge in [0.2, 0.25) is 0 Å². The maximum atomic E-state index is 6.08. The van der Waals surface area contributed by atoms with E-state index in [9.17, 15) is 0 Å². The number of thioether (sulfide) groups is 1. The van der Waals surface area contributed by atoms with Crippen molar-refractivity contribution in [3.63, 3.8) is 0 Å². The van der Waals surface area contributed by atoms with Gasteiger partial charge in [-0.1, -0.05) is 23.7 Å². The Morgan fingerprint density at radius 1 is 1.46 bits per heavy atom. The van der Waals surface area contributed by atoms with Crippen LogP contribution in [0.3, 0.4) is 0 Å². The average Bonchev–Trinajstić information content (AvgIpc) is 2.43. The lowest BCUT2D eigenvalue weighted by atomic mass is 10.3. The van der Waals surface area contributed by atoms with Gasteiger partial charge in [-0.3, -0.25) is 0 Å². The molecule has 2 aromatic rings. The van der Waals surface area contributed by atoms with Gasteiger partial charge in [-0.15, -0.1) is 23.1 Å². The van der Waals surface area contributed by atoms with E-state index in [2.05, 4.69) is 28.3 Å². The van der Waals surface area contributed by atoms with E-state index in [1.54, 1.807) is 23.1 Å². The monoisotopic (exact) mass is 292 g/mol. The minimum absolute atomic E-state index is 0.837. The van der Waals surface area contributed by atoms with Crippen LogP contribution in [-0.4, -0.2) is 6.26 Å². The second-order valence-corrected chi connectivity index (χ2v) is 6.09. The van der Waals surface area contributed by atoms with Crippen LogP contribution >= 0.6 is 50.6 Å². The van der Waals surface area contributed by atoms with Gasteiger partial charge in [-0.05, 0) is 28.3 Å². The summed E-state index contributed by atoms with van der Waals surface area (Å²) in [6, 6.07) is 6.02. The van der Waals surface area contributed by atoms with Gasteiger partial charge in [-0.25, -0.2) is 0 Å². The molecule has 0 atom stereocenters. The number of rotatable bonds is 1. The van der Waals surface area contributed by atoms with Crippen molar-refractivity contribution >= 4 is 60.7 Å². The summed E-state index contributed by atoms with van der Waals surface area (Å²) in [5.74, 6) is 0. The van der Waals surface area contributed by atoms with E-state index in [1.165, 1.54) is 18.8 Å². The van der Waals surface area contributed by atoms with Gasteiger partial charge >= 0.3 is 0 Å². The molecule has 0 nitrogen and oxygen atoms in total. The van der Waals surface area contributed by atoms with Crippen molar-refractivity contribution in [1.29, 1.82) is 0 Å². The summed E-state index contributed by atoms with van der Waals surface area (Å²) in [4.78, 5) is 1.28. The van der Waals surface area contributed by atoms with Crippen LogP contribution in [0.4, 0.5) is 0 Å². The minimum Gasteiger partial charge on any atom is -0.127 e. The van der Waals surface area contributed by atoms with E-state index in [4.69, 9.17) is 11.6 Å². The molecule has 13 heavy (non-hydrogen) atoms. The van der Waals surface area contributed by atoms with Crippen molar-refractivity contribution in [3.8, 4) is 0 Å². The second-order valence-electron chi connectivity index (χ2n) is 2.53. The number of thiophene rings is 1. The Bertz CT molecular complexity index is 450. The van der Waals surface area contributed by atoms with Crippen LogP contribution in [0.1, 0.15) is 0 Å². The highest BCUT2D eigenvalue weighted by molar-refractivity contribution is 9.11. The number of hydrogen-bond acceptors (Lipinski definition) is 2. The molecule has 1 aromatic heterocycles. The van der Waals surface area contributed by atoms with E-state index in [1.807, 2.05) is 12.1 Å². The quantitative estimate of drug-likeness (QED) is 0.664. The molecule has 0 spiro atoms. The van der Waals surface area contributed by atoms with Gasteiger partial charge in [0.05, 0.1) is 13.5 Å². The van der Waals surface area contributed by atoms with Crippen molar-refractivity contribution in [2.45, 2.75) is 4.90 Å². The Kier molecular flexibility index (Phi) is 2.88. The summed E-state index contributed by atoms with van der Waals surface area (Å²) in [6.45, 7) is 0. The van der Waals surface area contributed by atoms with Crippen molar-refractivity contribution in [3.05, 3.63) is 27.0 Å². The van der Waals surface area contributed by atoms with Crippen molar-refractivity contribution < 1.29 is 0 Å². The molecule has 2 rings (SSSR count). The maximum Gasteiger partial charge on any atom is 0.0847 e. The molecule has 4 heteroatoms. The van der Waals surface area contributed by atoms with Crippen molar-refractivity contribution in [2.75, 3.05) is 6.26 Å². The molecule has 0 N–H and O–H groups in total. The summed E-state index contributed by atoms with van der Waals surface area (Å²) in [7, 11) is 0. The lowest BCUT2D eigenvalue weighted by Gasteiger charge is -1.94.